The molecule has 0 bridgehead atoms. The number of hydrogen-bond acceptors (Lipinski definition) is 4. The van der Waals surface area contributed by atoms with E-state index in [4.69, 9.17) is 0 Å². The third-order valence-electron chi connectivity index (χ3n) is 3.24. The molecule has 21 heavy (non-hydrogen) atoms. The predicted octanol–water partition coefficient (Wildman–Crippen LogP) is 1.96. The minimum absolute atomic E-state index is 0. The summed E-state index contributed by atoms with van der Waals surface area (Å²) in [5, 5.41) is 10.6. The standard InChI is InChI=1S/C11H16F3N5O.ClH/c12-11(13,14)9-17-10(19-18-9)16-8(20)2-1-7-3-5-15-6-4-7;/h7,15H,1-6H2,(H2,16,17,18,19,20);1H. The van der Waals surface area contributed by atoms with E-state index in [1.165, 1.54) is 0 Å². The van der Waals surface area contributed by atoms with Crippen LogP contribution >= 0.6 is 12.4 Å². The lowest BCUT2D eigenvalue weighted by atomic mass is 9.93. The van der Waals surface area contributed by atoms with Gasteiger partial charge in [0.1, 0.15) is 0 Å². The Kier molecular flexibility index (Phi) is 6.41. The van der Waals surface area contributed by atoms with Gasteiger partial charge >= 0.3 is 6.18 Å². The largest absolute Gasteiger partial charge is 0.451 e. The molecule has 1 aromatic heterocycles. The van der Waals surface area contributed by atoms with E-state index in [1.807, 2.05) is 0 Å². The Morgan fingerprint density at radius 2 is 2.00 bits per heavy atom. The number of aromatic nitrogens is 3. The summed E-state index contributed by atoms with van der Waals surface area (Å²) in [5.41, 5.74) is 0. The molecule has 2 rings (SSSR count). The highest BCUT2D eigenvalue weighted by molar-refractivity contribution is 5.88. The lowest BCUT2D eigenvalue weighted by Gasteiger charge is -2.21. The Morgan fingerprint density at radius 1 is 1.33 bits per heavy atom. The van der Waals surface area contributed by atoms with E-state index < -0.39 is 12.0 Å². The maximum absolute atomic E-state index is 12.3. The lowest BCUT2D eigenvalue weighted by Crippen LogP contribution is -2.28. The molecule has 120 valence electrons. The molecule has 1 aliphatic rings. The van der Waals surface area contributed by atoms with Gasteiger partial charge in [-0.1, -0.05) is 0 Å². The molecule has 3 N–H and O–H groups in total. The number of alkyl halides is 3. The normalized spacial score (nSPS) is 16.3. The van der Waals surface area contributed by atoms with E-state index in [-0.39, 0.29) is 30.7 Å². The minimum Gasteiger partial charge on any atom is -0.317 e. The van der Waals surface area contributed by atoms with Crippen molar-refractivity contribution in [2.24, 2.45) is 5.92 Å². The first kappa shape index (κ1) is 17.7. The zero-order valence-corrected chi connectivity index (χ0v) is 12.0. The number of piperidine rings is 1. The molecule has 10 heteroatoms. The molecule has 0 spiro atoms. The molecule has 0 atom stereocenters. The quantitative estimate of drug-likeness (QED) is 0.789. The third-order valence-corrected chi connectivity index (χ3v) is 3.24. The van der Waals surface area contributed by atoms with Crippen LogP contribution in [0.2, 0.25) is 0 Å². The summed E-state index contributed by atoms with van der Waals surface area (Å²) >= 11 is 0. The first-order valence-electron chi connectivity index (χ1n) is 6.45. The molecule has 1 fully saturated rings. The average Bonchev–Trinajstić information content (AvgIpc) is 2.86. The van der Waals surface area contributed by atoms with E-state index in [2.05, 4.69) is 20.7 Å². The predicted molar refractivity (Wildman–Crippen MR) is 72.1 cm³/mol. The number of carbonyl (C=O) groups is 1. The number of halogens is 4. The van der Waals surface area contributed by atoms with Gasteiger partial charge in [-0.05, 0) is 38.3 Å². The molecule has 1 saturated heterocycles. The molecular weight excluding hydrogens is 311 g/mol. The van der Waals surface area contributed by atoms with Crippen LogP contribution in [-0.2, 0) is 11.0 Å². The second kappa shape index (κ2) is 7.60. The van der Waals surface area contributed by atoms with Crippen molar-refractivity contribution in [3.05, 3.63) is 5.82 Å². The highest BCUT2D eigenvalue weighted by Crippen LogP contribution is 2.26. The van der Waals surface area contributed by atoms with Crippen LogP contribution in [0.1, 0.15) is 31.5 Å². The summed E-state index contributed by atoms with van der Waals surface area (Å²) in [6.07, 6.45) is -1.56. The fourth-order valence-electron chi connectivity index (χ4n) is 2.14. The van der Waals surface area contributed by atoms with Gasteiger partial charge in [-0.2, -0.15) is 18.2 Å². The molecule has 1 aliphatic heterocycles. The minimum atomic E-state index is -4.59. The van der Waals surface area contributed by atoms with E-state index in [0.29, 0.717) is 5.92 Å². The highest BCUT2D eigenvalue weighted by atomic mass is 35.5. The van der Waals surface area contributed by atoms with Crippen molar-refractivity contribution in [3.63, 3.8) is 0 Å². The van der Waals surface area contributed by atoms with Crippen molar-refractivity contribution >= 4 is 24.3 Å². The molecule has 6 nitrogen and oxygen atoms in total. The molecule has 0 unspecified atom stereocenters. The van der Waals surface area contributed by atoms with Crippen LogP contribution in [0.15, 0.2) is 0 Å². The highest BCUT2D eigenvalue weighted by Gasteiger charge is 2.35. The zero-order valence-electron chi connectivity index (χ0n) is 11.2. The van der Waals surface area contributed by atoms with Gasteiger partial charge in [0, 0.05) is 6.42 Å². The number of carbonyl (C=O) groups excluding carboxylic acids is 1. The number of amides is 1. The number of aromatic amines is 1. The molecule has 0 aliphatic carbocycles. The van der Waals surface area contributed by atoms with Crippen molar-refractivity contribution in [3.8, 4) is 0 Å². The SMILES string of the molecule is Cl.O=C(CCC1CCNCC1)Nc1n[nH]c(C(F)(F)F)n1. The van der Waals surface area contributed by atoms with Gasteiger partial charge in [-0.15, -0.1) is 17.5 Å². The van der Waals surface area contributed by atoms with Crippen molar-refractivity contribution < 1.29 is 18.0 Å². The fourth-order valence-corrected chi connectivity index (χ4v) is 2.14. The van der Waals surface area contributed by atoms with E-state index in [1.54, 1.807) is 5.10 Å². The second-order valence-electron chi connectivity index (χ2n) is 4.79. The van der Waals surface area contributed by atoms with Gasteiger partial charge in [0.25, 0.3) is 0 Å². The number of nitrogens with zero attached hydrogens (tertiary/aromatic N) is 2. The Labute approximate surface area is 125 Å². The number of hydrogen-bond donors (Lipinski definition) is 3. The maximum atomic E-state index is 12.3. The topological polar surface area (TPSA) is 82.7 Å². The van der Waals surface area contributed by atoms with E-state index >= 15 is 0 Å². The summed E-state index contributed by atoms with van der Waals surface area (Å²) in [6.45, 7) is 1.89. The molecule has 0 aromatic carbocycles. The maximum Gasteiger partial charge on any atom is 0.451 e. The monoisotopic (exact) mass is 327 g/mol. The first-order chi connectivity index (χ1) is 9.45. The van der Waals surface area contributed by atoms with Gasteiger partial charge in [0.15, 0.2) is 0 Å². The fraction of sp³-hybridized carbons (Fsp3) is 0.727. The van der Waals surface area contributed by atoms with Crippen molar-refractivity contribution in [2.45, 2.75) is 31.9 Å². The smallest absolute Gasteiger partial charge is 0.317 e. The summed E-state index contributed by atoms with van der Waals surface area (Å²) in [6, 6.07) is 0. The molecule has 0 saturated carbocycles. The van der Waals surface area contributed by atoms with Gasteiger partial charge in [-0.25, -0.2) is 0 Å². The summed E-state index contributed by atoms with van der Waals surface area (Å²) in [7, 11) is 0. The third kappa shape index (κ3) is 5.50. The van der Waals surface area contributed by atoms with Crippen molar-refractivity contribution in [1.82, 2.24) is 20.5 Å². The van der Waals surface area contributed by atoms with Gasteiger partial charge in [-0.3, -0.25) is 15.2 Å². The molecular formula is C11H17ClF3N5O. The zero-order chi connectivity index (χ0) is 14.6. The van der Waals surface area contributed by atoms with Crippen molar-refractivity contribution in [2.75, 3.05) is 18.4 Å². The van der Waals surface area contributed by atoms with Gasteiger partial charge in [0.2, 0.25) is 17.7 Å². The summed E-state index contributed by atoms with van der Waals surface area (Å²) < 4.78 is 36.8. The van der Waals surface area contributed by atoms with E-state index in [9.17, 15) is 18.0 Å². The van der Waals surface area contributed by atoms with Crippen LogP contribution in [0.3, 0.4) is 0 Å². The molecule has 1 aromatic rings. The Balaban J connectivity index is 0.00000220. The Bertz CT molecular complexity index is 459. The van der Waals surface area contributed by atoms with Gasteiger partial charge in [0.05, 0.1) is 0 Å². The first-order valence-corrected chi connectivity index (χ1v) is 6.45. The Morgan fingerprint density at radius 3 is 2.57 bits per heavy atom. The number of H-pyrrole nitrogens is 1. The number of rotatable bonds is 4. The van der Waals surface area contributed by atoms with E-state index in [0.717, 1.165) is 32.4 Å². The summed E-state index contributed by atoms with van der Waals surface area (Å²) in [5.74, 6) is -1.44. The molecule has 0 radical (unpaired) electrons. The number of nitrogens with one attached hydrogen (secondary N) is 3. The van der Waals surface area contributed by atoms with Crippen LogP contribution in [0.5, 0.6) is 0 Å². The van der Waals surface area contributed by atoms with Crippen LogP contribution in [0.4, 0.5) is 19.1 Å². The van der Waals surface area contributed by atoms with Gasteiger partial charge < -0.3 is 5.32 Å². The van der Waals surface area contributed by atoms with Crippen LogP contribution in [-0.4, -0.2) is 34.2 Å². The van der Waals surface area contributed by atoms with Crippen LogP contribution < -0.4 is 10.6 Å². The average molecular weight is 328 g/mol. The number of anilines is 1. The van der Waals surface area contributed by atoms with Crippen molar-refractivity contribution in [1.29, 1.82) is 0 Å². The molecule has 1 amide bonds. The van der Waals surface area contributed by atoms with Crippen LogP contribution in [0, 0.1) is 5.92 Å². The second-order valence-corrected chi connectivity index (χ2v) is 4.79. The lowest BCUT2D eigenvalue weighted by molar-refractivity contribution is -0.144. The Hall–Kier alpha value is -1.35. The summed E-state index contributed by atoms with van der Waals surface area (Å²) in [4.78, 5) is 14.8. The van der Waals surface area contributed by atoms with Crippen LogP contribution in [0.25, 0.3) is 0 Å². The molecule has 2 heterocycles.